The first-order valence-corrected chi connectivity index (χ1v) is 10.4. The summed E-state index contributed by atoms with van der Waals surface area (Å²) in [6.45, 7) is 5.13. The van der Waals surface area contributed by atoms with Crippen molar-refractivity contribution >= 4 is 16.9 Å². The molecular weight excluding hydrogens is 378 g/mol. The summed E-state index contributed by atoms with van der Waals surface area (Å²) < 4.78 is 13.7. The summed E-state index contributed by atoms with van der Waals surface area (Å²) in [4.78, 5) is 19.7. The van der Waals surface area contributed by atoms with E-state index in [-0.39, 0.29) is 12.0 Å². The number of amides is 1. The third-order valence-electron chi connectivity index (χ3n) is 6.12. The van der Waals surface area contributed by atoms with Crippen LogP contribution < -0.4 is 4.74 Å². The summed E-state index contributed by atoms with van der Waals surface area (Å²) in [6, 6.07) is 10.3. The lowest BCUT2D eigenvalue weighted by Crippen LogP contribution is -2.31. The number of aromatic nitrogens is 2. The van der Waals surface area contributed by atoms with Crippen LogP contribution in [-0.2, 0) is 18.2 Å². The largest absolute Gasteiger partial charge is 0.483 e. The number of likely N-dealkylation sites (N-methyl/N-ethyl adjacent to an activating group) is 1. The van der Waals surface area contributed by atoms with Gasteiger partial charge < -0.3 is 18.9 Å². The fourth-order valence-corrected chi connectivity index (χ4v) is 4.19. The molecule has 0 aliphatic carbocycles. The molecule has 0 unspecified atom stereocenters. The minimum Gasteiger partial charge on any atom is -0.483 e. The van der Waals surface area contributed by atoms with E-state index >= 15 is 0 Å². The molecule has 0 saturated heterocycles. The standard InChI is InChI=1S/C24H29N3O3/c1-15-8-6-7-9-17(15)21-11-10-18-19(24(28)26(3)12-13-29-5)14-20-22(23(18)30-21)25-16(2)27(20)4/h6-9,14,21H,10-13H2,1-5H3/t21-/m0/s1. The molecule has 2 aromatic carbocycles. The molecule has 30 heavy (non-hydrogen) atoms. The van der Waals surface area contributed by atoms with Crippen molar-refractivity contribution in [3.8, 4) is 5.75 Å². The molecule has 158 valence electrons. The minimum absolute atomic E-state index is 0.0120. The van der Waals surface area contributed by atoms with Crippen LogP contribution in [0.2, 0.25) is 0 Å². The maximum absolute atomic E-state index is 13.3. The predicted octanol–water partition coefficient (Wildman–Crippen LogP) is 3.97. The first-order chi connectivity index (χ1) is 14.4. The number of ether oxygens (including phenoxy) is 2. The monoisotopic (exact) mass is 407 g/mol. The minimum atomic E-state index is -0.0409. The molecule has 1 amide bonds. The van der Waals surface area contributed by atoms with E-state index in [0.717, 1.165) is 41.0 Å². The summed E-state index contributed by atoms with van der Waals surface area (Å²) in [5, 5.41) is 0. The number of aryl methyl sites for hydroxylation is 3. The SMILES string of the molecule is COCCN(C)C(=O)c1cc2c(nc(C)n2C)c2c1CC[C@@H](c1ccccc1C)O2. The molecule has 0 fully saturated rings. The van der Waals surface area contributed by atoms with E-state index in [0.29, 0.717) is 18.7 Å². The van der Waals surface area contributed by atoms with Crippen LogP contribution in [0.15, 0.2) is 30.3 Å². The average molecular weight is 408 g/mol. The van der Waals surface area contributed by atoms with Crippen LogP contribution >= 0.6 is 0 Å². The van der Waals surface area contributed by atoms with Crippen LogP contribution in [0.3, 0.4) is 0 Å². The Morgan fingerprint density at radius 2 is 2.10 bits per heavy atom. The Labute approximate surface area is 177 Å². The Balaban J connectivity index is 1.82. The van der Waals surface area contributed by atoms with Gasteiger partial charge in [-0.25, -0.2) is 4.98 Å². The molecule has 1 atom stereocenters. The van der Waals surface area contributed by atoms with Gasteiger partial charge in [0, 0.05) is 38.9 Å². The number of carbonyl (C=O) groups is 1. The van der Waals surface area contributed by atoms with E-state index in [1.54, 1.807) is 12.0 Å². The van der Waals surface area contributed by atoms with Gasteiger partial charge in [-0.05, 0) is 43.9 Å². The zero-order valence-corrected chi connectivity index (χ0v) is 18.4. The van der Waals surface area contributed by atoms with Crippen molar-refractivity contribution in [3.63, 3.8) is 0 Å². The summed E-state index contributed by atoms with van der Waals surface area (Å²) >= 11 is 0. The van der Waals surface area contributed by atoms with Crippen molar-refractivity contribution in [2.45, 2.75) is 32.8 Å². The maximum Gasteiger partial charge on any atom is 0.254 e. The van der Waals surface area contributed by atoms with E-state index in [1.807, 2.05) is 43.8 Å². The van der Waals surface area contributed by atoms with E-state index in [2.05, 4.69) is 19.1 Å². The smallest absolute Gasteiger partial charge is 0.254 e. The highest BCUT2D eigenvalue weighted by Gasteiger charge is 2.30. The molecule has 3 aromatic rings. The van der Waals surface area contributed by atoms with Gasteiger partial charge in [0.05, 0.1) is 12.1 Å². The molecule has 6 heteroatoms. The summed E-state index contributed by atoms with van der Waals surface area (Å²) in [7, 11) is 5.43. The predicted molar refractivity (Wildman–Crippen MR) is 117 cm³/mol. The van der Waals surface area contributed by atoms with E-state index < -0.39 is 0 Å². The lowest BCUT2D eigenvalue weighted by atomic mass is 9.91. The van der Waals surface area contributed by atoms with Crippen molar-refractivity contribution in [1.82, 2.24) is 14.5 Å². The molecule has 1 aliphatic rings. The van der Waals surface area contributed by atoms with E-state index in [1.165, 1.54) is 11.1 Å². The molecule has 4 rings (SSSR count). The number of rotatable bonds is 5. The highest BCUT2D eigenvalue weighted by atomic mass is 16.5. The molecular formula is C24H29N3O3. The molecule has 6 nitrogen and oxygen atoms in total. The Morgan fingerprint density at radius 1 is 1.33 bits per heavy atom. The lowest BCUT2D eigenvalue weighted by molar-refractivity contribution is 0.0740. The van der Waals surface area contributed by atoms with Crippen molar-refractivity contribution in [2.24, 2.45) is 7.05 Å². The molecule has 0 saturated carbocycles. The Kier molecular flexibility index (Phi) is 5.52. The van der Waals surface area contributed by atoms with Crippen molar-refractivity contribution < 1.29 is 14.3 Å². The third-order valence-corrected chi connectivity index (χ3v) is 6.12. The topological polar surface area (TPSA) is 56.6 Å². The number of benzene rings is 2. The van der Waals surface area contributed by atoms with Gasteiger partial charge in [0.1, 0.15) is 17.4 Å². The van der Waals surface area contributed by atoms with Crippen LogP contribution in [0, 0.1) is 13.8 Å². The number of hydrogen-bond acceptors (Lipinski definition) is 4. The maximum atomic E-state index is 13.3. The second kappa shape index (κ2) is 8.11. The zero-order valence-electron chi connectivity index (χ0n) is 18.4. The van der Waals surface area contributed by atoms with Gasteiger partial charge >= 0.3 is 0 Å². The number of imidazole rings is 1. The number of hydrogen-bond donors (Lipinski definition) is 0. The van der Waals surface area contributed by atoms with Crippen LogP contribution in [0.5, 0.6) is 5.75 Å². The Hall–Kier alpha value is -2.86. The summed E-state index contributed by atoms with van der Waals surface area (Å²) in [5.41, 5.74) is 5.81. The van der Waals surface area contributed by atoms with Gasteiger partial charge in [0.15, 0.2) is 5.75 Å². The first-order valence-electron chi connectivity index (χ1n) is 10.4. The van der Waals surface area contributed by atoms with E-state index in [4.69, 9.17) is 14.5 Å². The number of methoxy groups -OCH3 is 1. The second-order valence-electron chi connectivity index (χ2n) is 8.04. The molecule has 0 N–H and O–H groups in total. The van der Waals surface area contributed by atoms with Gasteiger partial charge in [0.25, 0.3) is 5.91 Å². The van der Waals surface area contributed by atoms with Crippen LogP contribution in [0.1, 0.15) is 45.4 Å². The molecule has 0 bridgehead atoms. The average Bonchev–Trinajstić information content (AvgIpc) is 3.05. The van der Waals surface area contributed by atoms with Crippen LogP contribution in [0.4, 0.5) is 0 Å². The number of nitrogens with zero attached hydrogens (tertiary/aromatic N) is 3. The van der Waals surface area contributed by atoms with Gasteiger partial charge in [-0.15, -0.1) is 0 Å². The fourth-order valence-electron chi connectivity index (χ4n) is 4.19. The Morgan fingerprint density at radius 3 is 2.83 bits per heavy atom. The molecule has 2 heterocycles. The number of fused-ring (bicyclic) bond motifs is 3. The fraction of sp³-hybridized carbons (Fsp3) is 0.417. The van der Waals surface area contributed by atoms with Crippen LogP contribution in [0.25, 0.3) is 11.0 Å². The molecule has 1 aromatic heterocycles. The van der Waals surface area contributed by atoms with E-state index in [9.17, 15) is 4.79 Å². The summed E-state index contributed by atoms with van der Waals surface area (Å²) in [5.74, 6) is 1.63. The second-order valence-corrected chi connectivity index (χ2v) is 8.04. The van der Waals surface area contributed by atoms with Gasteiger partial charge in [0.2, 0.25) is 0 Å². The van der Waals surface area contributed by atoms with Gasteiger partial charge in [-0.3, -0.25) is 4.79 Å². The normalized spacial score (nSPS) is 15.7. The lowest BCUT2D eigenvalue weighted by Gasteiger charge is -2.30. The van der Waals surface area contributed by atoms with Crippen molar-refractivity contribution in [1.29, 1.82) is 0 Å². The Bertz CT molecular complexity index is 1100. The zero-order chi connectivity index (χ0) is 21.4. The molecule has 0 spiro atoms. The van der Waals surface area contributed by atoms with Crippen LogP contribution in [-0.4, -0.2) is 47.7 Å². The highest BCUT2D eigenvalue weighted by Crippen LogP contribution is 2.42. The molecule has 0 radical (unpaired) electrons. The number of carbonyl (C=O) groups excluding carboxylic acids is 1. The molecule has 1 aliphatic heterocycles. The first kappa shape index (κ1) is 20.4. The van der Waals surface area contributed by atoms with Gasteiger partial charge in [-0.2, -0.15) is 0 Å². The van der Waals surface area contributed by atoms with Crippen molar-refractivity contribution in [3.05, 3.63) is 58.4 Å². The quantitative estimate of drug-likeness (QED) is 0.642. The van der Waals surface area contributed by atoms with Gasteiger partial charge in [-0.1, -0.05) is 24.3 Å². The highest BCUT2D eigenvalue weighted by molar-refractivity contribution is 6.01. The van der Waals surface area contributed by atoms with Crippen molar-refractivity contribution in [2.75, 3.05) is 27.3 Å². The third kappa shape index (κ3) is 3.45. The summed E-state index contributed by atoms with van der Waals surface area (Å²) in [6.07, 6.45) is 1.57.